The Balaban J connectivity index is 1.45. The summed E-state index contributed by atoms with van der Waals surface area (Å²) in [6.07, 6.45) is 0.804. The number of carbonyl (C=O) groups excluding carboxylic acids is 1. The average molecular weight is 329 g/mol. The van der Waals surface area contributed by atoms with Gasteiger partial charge in [-0.2, -0.15) is 0 Å². The number of rotatable bonds is 4. The lowest BCUT2D eigenvalue weighted by Gasteiger charge is -2.08. The van der Waals surface area contributed by atoms with Crippen molar-refractivity contribution >= 4 is 27.7 Å². The molecule has 25 heavy (non-hydrogen) atoms. The van der Waals surface area contributed by atoms with Gasteiger partial charge in [0.15, 0.2) is 0 Å². The largest absolute Gasteiger partial charge is 0.352 e. The van der Waals surface area contributed by atoms with Crippen LogP contribution in [0, 0.1) is 6.92 Å². The molecule has 1 aromatic heterocycles. The summed E-state index contributed by atoms with van der Waals surface area (Å²) in [6.45, 7) is 2.51. The van der Waals surface area contributed by atoms with Gasteiger partial charge in [-0.25, -0.2) is 4.98 Å². The number of aryl methyl sites for hydroxylation is 1. The third-order valence-electron chi connectivity index (χ3n) is 4.42. The summed E-state index contributed by atoms with van der Waals surface area (Å²) in [4.78, 5) is 19.9. The molecule has 0 fully saturated rings. The second kappa shape index (κ2) is 6.40. The van der Waals surface area contributed by atoms with E-state index >= 15 is 0 Å². The van der Waals surface area contributed by atoms with E-state index in [1.165, 1.54) is 16.3 Å². The molecule has 0 aliphatic heterocycles. The lowest BCUT2D eigenvalue weighted by Crippen LogP contribution is -2.25. The summed E-state index contributed by atoms with van der Waals surface area (Å²) in [5.41, 5.74) is 3.66. The second-order valence-corrected chi connectivity index (χ2v) is 6.20. The molecule has 0 radical (unpaired) electrons. The fourth-order valence-corrected chi connectivity index (χ4v) is 3.20. The van der Waals surface area contributed by atoms with Gasteiger partial charge in [0.2, 0.25) is 0 Å². The molecule has 0 saturated carbocycles. The monoisotopic (exact) mass is 329 g/mol. The van der Waals surface area contributed by atoms with Crippen LogP contribution in [0.15, 0.2) is 60.7 Å². The number of hydrogen-bond acceptors (Lipinski definition) is 2. The van der Waals surface area contributed by atoms with Crippen molar-refractivity contribution in [3.63, 3.8) is 0 Å². The Hall–Kier alpha value is -3.14. The van der Waals surface area contributed by atoms with Crippen molar-refractivity contribution in [1.29, 1.82) is 0 Å². The van der Waals surface area contributed by atoms with Crippen LogP contribution >= 0.6 is 0 Å². The topological polar surface area (TPSA) is 57.8 Å². The van der Waals surface area contributed by atoms with E-state index in [4.69, 9.17) is 0 Å². The van der Waals surface area contributed by atoms with Crippen LogP contribution in [0.3, 0.4) is 0 Å². The van der Waals surface area contributed by atoms with E-state index in [2.05, 4.69) is 45.6 Å². The molecular weight excluding hydrogens is 310 g/mol. The van der Waals surface area contributed by atoms with E-state index in [0.29, 0.717) is 12.1 Å². The number of carbonyl (C=O) groups is 1. The number of imidazole rings is 1. The van der Waals surface area contributed by atoms with Gasteiger partial charge < -0.3 is 10.3 Å². The first-order valence-corrected chi connectivity index (χ1v) is 8.42. The molecule has 2 N–H and O–H groups in total. The molecule has 4 aromatic rings. The molecule has 0 aliphatic carbocycles. The molecule has 0 saturated heterocycles. The summed E-state index contributed by atoms with van der Waals surface area (Å²) >= 11 is 0. The number of hydrogen-bond donors (Lipinski definition) is 2. The first-order chi connectivity index (χ1) is 12.2. The van der Waals surface area contributed by atoms with Crippen LogP contribution in [0.2, 0.25) is 0 Å². The number of H-pyrrole nitrogens is 1. The number of aromatic nitrogens is 2. The van der Waals surface area contributed by atoms with Crippen LogP contribution in [0.1, 0.15) is 21.7 Å². The molecule has 0 aliphatic rings. The van der Waals surface area contributed by atoms with Gasteiger partial charge in [0.05, 0.1) is 11.0 Å². The van der Waals surface area contributed by atoms with E-state index in [9.17, 15) is 4.79 Å². The van der Waals surface area contributed by atoms with Crippen molar-refractivity contribution in [2.45, 2.75) is 13.3 Å². The molecule has 0 bridgehead atoms. The maximum absolute atomic E-state index is 12.4. The Kier molecular flexibility index (Phi) is 3.94. The number of nitrogens with zero attached hydrogens (tertiary/aromatic N) is 1. The van der Waals surface area contributed by atoms with Crippen LogP contribution < -0.4 is 5.32 Å². The summed E-state index contributed by atoms with van der Waals surface area (Å²) < 4.78 is 0. The van der Waals surface area contributed by atoms with Crippen LogP contribution in [0.4, 0.5) is 0 Å². The van der Waals surface area contributed by atoms with E-state index in [-0.39, 0.29) is 5.91 Å². The lowest BCUT2D eigenvalue weighted by molar-refractivity contribution is 0.0954. The highest BCUT2D eigenvalue weighted by atomic mass is 16.1. The molecule has 1 heterocycles. The first-order valence-electron chi connectivity index (χ1n) is 8.42. The van der Waals surface area contributed by atoms with Gasteiger partial charge in [-0.05, 0) is 47.9 Å². The number of fused-ring (bicyclic) bond motifs is 2. The average Bonchev–Trinajstić information content (AvgIpc) is 3.01. The minimum Gasteiger partial charge on any atom is -0.352 e. The molecule has 3 aromatic carbocycles. The standard InChI is InChI=1S/C21H19N3O/c1-14-23-19-10-9-17(13-20(19)24-14)21(25)22-12-11-16-7-4-6-15-5-2-3-8-18(15)16/h2-10,13H,11-12H2,1H3,(H,22,25)(H,23,24). The molecule has 4 rings (SSSR count). The van der Waals surface area contributed by atoms with Crippen molar-refractivity contribution in [1.82, 2.24) is 15.3 Å². The zero-order valence-corrected chi connectivity index (χ0v) is 14.0. The van der Waals surface area contributed by atoms with Gasteiger partial charge in [-0.15, -0.1) is 0 Å². The molecular formula is C21H19N3O. The molecule has 0 spiro atoms. The second-order valence-electron chi connectivity index (χ2n) is 6.20. The number of benzene rings is 3. The Bertz CT molecular complexity index is 1060. The third-order valence-corrected chi connectivity index (χ3v) is 4.42. The quantitative estimate of drug-likeness (QED) is 0.594. The van der Waals surface area contributed by atoms with Crippen LogP contribution in [0.5, 0.6) is 0 Å². The van der Waals surface area contributed by atoms with Gasteiger partial charge in [-0.3, -0.25) is 4.79 Å². The minimum absolute atomic E-state index is 0.0608. The fraction of sp³-hybridized carbons (Fsp3) is 0.143. The Morgan fingerprint density at radius 2 is 1.92 bits per heavy atom. The van der Waals surface area contributed by atoms with Crippen molar-refractivity contribution in [3.8, 4) is 0 Å². The van der Waals surface area contributed by atoms with Crippen LogP contribution in [0.25, 0.3) is 21.8 Å². The van der Waals surface area contributed by atoms with Crippen molar-refractivity contribution < 1.29 is 4.79 Å². The number of amides is 1. The SMILES string of the molecule is Cc1nc2ccc(C(=O)NCCc3cccc4ccccc34)cc2[nH]1. The summed E-state index contributed by atoms with van der Waals surface area (Å²) in [7, 11) is 0. The van der Waals surface area contributed by atoms with E-state index in [0.717, 1.165) is 23.3 Å². The predicted octanol–water partition coefficient (Wildman–Crippen LogP) is 4.00. The van der Waals surface area contributed by atoms with Gasteiger partial charge in [-0.1, -0.05) is 42.5 Å². The molecule has 124 valence electrons. The zero-order valence-electron chi connectivity index (χ0n) is 14.0. The van der Waals surface area contributed by atoms with Crippen molar-refractivity contribution in [2.24, 2.45) is 0 Å². The third kappa shape index (κ3) is 3.11. The maximum atomic E-state index is 12.4. The predicted molar refractivity (Wildman–Crippen MR) is 101 cm³/mol. The molecule has 0 unspecified atom stereocenters. The van der Waals surface area contributed by atoms with E-state index in [1.807, 2.05) is 37.3 Å². The zero-order chi connectivity index (χ0) is 17.2. The van der Waals surface area contributed by atoms with Gasteiger partial charge in [0.25, 0.3) is 5.91 Å². The summed E-state index contributed by atoms with van der Waals surface area (Å²) in [5, 5.41) is 5.48. The maximum Gasteiger partial charge on any atom is 0.251 e. The van der Waals surface area contributed by atoms with Gasteiger partial charge in [0, 0.05) is 12.1 Å². The summed E-state index contributed by atoms with van der Waals surface area (Å²) in [5.74, 6) is 0.790. The summed E-state index contributed by atoms with van der Waals surface area (Å²) in [6, 6.07) is 20.2. The normalized spacial score (nSPS) is 11.1. The Morgan fingerprint density at radius 1 is 1.08 bits per heavy atom. The molecule has 1 amide bonds. The van der Waals surface area contributed by atoms with Crippen molar-refractivity contribution in [2.75, 3.05) is 6.54 Å². The van der Waals surface area contributed by atoms with E-state index < -0.39 is 0 Å². The van der Waals surface area contributed by atoms with Gasteiger partial charge >= 0.3 is 0 Å². The van der Waals surface area contributed by atoms with Crippen molar-refractivity contribution in [3.05, 3.63) is 77.6 Å². The first kappa shape index (κ1) is 15.4. The molecule has 0 atom stereocenters. The fourth-order valence-electron chi connectivity index (χ4n) is 3.20. The molecule has 4 heteroatoms. The highest BCUT2D eigenvalue weighted by Crippen LogP contribution is 2.18. The highest BCUT2D eigenvalue weighted by molar-refractivity contribution is 5.97. The van der Waals surface area contributed by atoms with Crippen LogP contribution in [-0.2, 0) is 6.42 Å². The lowest BCUT2D eigenvalue weighted by atomic mass is 10.0. The Morgan fingerprint density at radius 3 is 2.84 bits per heavy atom. The number of nitrogens with one attached hydrogen (secondary N) is 2. The van der Waals surface area contributed by atoms with E-state index in [1.54, 1.807) is 0 Å². The minimum atomic E-state index is -0.0608. The Labute approximate surface area is 145 Å². The smallest absolute Gasteiger partial charge is 0.251 e. The van der Waals surface area contributed by atoms with Gasteiger partial charge in [0.1, 0.15) is 5.82 Å². The van der Waals surface area contributed by atoms with Crippen LogP contribution in [-0.4, -0.2) is 22.4 Å². The molecule has 4 nitrogen and oxygen atoms in total. The number of aromatic amines is 1. The highest BCUT2D eigenvalue weighted by Gasteiger charge is 2.08.